The predicted molar refractivity (Wildman–Crippen MR) is 85.6 cm³/mol. The molecule has 2 aromatic carbocycles. The highest BCUT2D eigenvalue weighted by Crippen LogP contribution is 2.30. The van der Waals surface area contributed by atoms with Crippen molar-refractivity contribution in [3.05, 3.63) is 77.1 Å². The van der Waals surface area contributed by atoms with E-state index in [9.17, 15) is 0 Å². The highest BCUT2D eigenvalue weighted by Gasteiger charge is 2.11. The number of methoxy groups -OCH3 is 1. The van der Waals surface area contributed by atoms with Crippen LogP contribution in [0.3, 0.4) is 0 Å². The molecule has 0 aliphatic carbocycles. The van der Waals surface area contributed by atoms with Crippen molar-refractivity contribution >= 4 is 6.08 Å². The fourth-order valence-corrected chi connectivity index (χ4v) is 2.27. The average molecular weight is 289 g/mol. The summed E-state index contributed by atoms with van der Waals surface area (Å²) in [7, 11) is 1.66. The third-order valence-corrected chi connectivity index (χ3v) is 3.50. The number of rotatable bonds is 3. The summed E-state index contributed by atoms with van der Waals surface area (Å²) in [5.74, 6) is 2.53. The number of fused-ring (bicyclic) bond motifs is 1. The second kappa shape index (κ2) is 6.19. The SMILES string of the molecule is COc1ccc2c(c1)CC=C(C=Cc1ccc(C#N)cc1)O2. The van der Waals surface area contributed by atoms with Crippen molar-refractivity contribution in [1.82, 2.24) is 0 Å². The van der Waals surface area contributed by atoms with Gasteiger partial charge < -0.3 is 9.47 Å². The Labute approximate surface area is 129 Å². The van der Waals surface area contributed by atoms with Crippen molar-refractivity contribution in [3.63, 3.8) is 0 Å². The number of benzene rings is 2. The maximum Gasteiger partial charge on any atom is 0.131 e. The molecule has 0 aromatic heterocycles. The third-order valence-electron chi connectivity index (χ3n) is 3.50. The molecular formula is C19H15NO2. The molecule has 0 N–H and O–H groups in total. The summed E-state index contributed by atoms with van der Waals surface area (Å²) < 4.78 is 11.1. The lowest BCUT2D eigenvalue weighted by atomic mass is 10.1. The van der Waals surface area contributed by atoms with E-state index in [4.69, 9.17) is 14.7 Å². The van der Waals surface area contributed by atoms with Gasteiger partial charge in [-0.15, -0.1) is 0 Å². The first-order valence-corrected chi connectivity index (χ1v) is 7.01. The van der Waals surface area contributed by atoms with Crippen molar-refractivity contribution in [2.24, 2.45) is 0 Å². The van der Waals surface area contributed by atoms with Crippen molar-refractivity contribution in [2.45, 2.75) is 6.42 Å². The normalized spacial score (nSPS) is 13.0. The molecule has 108 valence electrons. The van der Waals surface area contributed by atoms with E-state index in [-0.39, 0.29) is 0 Å². The van der Waals surface area contributed by atoms with Crippen LogP contribution in [-0.2, 0) is 6.42 Å². The van der Waals surface area contributed by atoms with Crippen LogP contribution in [0.1, 0.15) is 16.7 Å². The molecule has 1 aliphatic heterocycles. The molecule has 0 unspecified atom stereocenters. The number of allylic oxidation sites excluding steroid dienone is 2. The van der Waals surface area contributed by atoms with Gasteiger partial charge in [-0.05, 0) is 54.5 Å². The first-order valence-electron chi connectivity index (χ1n) is 7.01. The van der Waals surface area contributed by atoms with E-state index in [1.165, 1.54) is 0 Å². The topological polar surface area (TPSA) is 42.2 Å². The van der Waals surface area contributed by atoms with E-state index in [0.29, 0.717) is 5.56 Å². The van der Waals surface area contributed by atoms with Crippen LogP contribution in [0.2, 0.25) is 0 Å². The van der Waals surface area contributed by atoms with Crippen LogP contribution in [0.5, 0.6) is 11.5 Å². The molecule has 0 atom stereocenters. The van der Waals surface area contributed by atoms with Crippen LogP contribution < -0.4 is 9.47 Å². The zero-order valence-corrected chi connectivity index (χ0v) is 12.2. The molecular weight excluding hydrogens is 274 g/mol. The highest BCUT2D eigenvalue weighted by atomic mass is 16.5. The van der Waals surface area contributed by atoms with Crippen molar-refractivity contribution in [2.75, 3.05) is 7.11 Å². The van der Waals surface area contributed by atoms with Gasteiger partial charge in [0.25, 0.3) is 0 Å². The lowest BCUT2D eigenvalue weighted by molar-refractivity contribution is 0.405. The molecule has 1 heterocycles. The first-order chi connectivity index (χ1) is 10.8. The Morgan fingerprint density at radius 1 is 1.14 bits per heavy atom. The molecule has 0 bridgehead atoms. The van der Waals surface area contributed by atoms with Crippen LogP contribution in [0, 0.1) is 11.3 Å². The van der Waals surface area contributed by atoms with E-state index in [1.54, 1.807) is 19.2 Å². The lowest BCUT2D eigenvalue weighted by Crippen LogP contribution is -2.03. The summed E-state index contributed by atoms with van der Waals surface area (Å²) in [4.78, 5) is 0. The molecule has 0 saturated carbocycles. The molecule has 0 spiro atoms. The summed E-state index contributed by atoms with van der Waals surface area (Å²) in [6.45, 7) is 0. The van der Waals surface area contributed by atoms with Gasteiger partial charge in [-0.25, -0.2) is 0 Å². The minimum atomic E-state index is 0.660. The summed E-state index contributed by atoms with van der Waals surface area (Å²) in [5, 5.41) is 8.79. The largest absolute Gasteiger partial charge is 0.497 e. The van der Waals surface area contributed by atoms with E-state index < -0.39 is 0 Å². The van der Waals surface area contributed by atoms with E-state index in [2.05, 4.69) is 6.07 Å². The van der Waals surface area contributed by atoms with Gasteiger partial charge in [0.15, 0.2) is 0 Å². The first kappa shape index (κ1) is 14.0. The van der Waals surface area contributed by atoms with E-state index in [1.807, 2.05) is 48.6 Å². The van der Waals surface area contributed by atoms with E-state index in [0.717, 1.165) is 34.8 Å². The Kier molecular flexibility index (Phi) is 3.93. The Hall–Kier alpha value is -2.99. The van der Waals surface area contributed by atoms with Crippen molar-refractivity contribution < 1.29 is 9.47 Å². The second-order valence-corrected chi connectivity index (χ2v) is 4.95. The Morgan fingerprint density at radius 3 is 2.68 bits per heavy atom. The van der Waals surface area contributed by atoms with Gasteiger partial charge in [-0.1, -0.05) is 18.2 Å². The van der Waals surface area contributed by atoms with Crippen LogP contribution in [0.4, 0.5) is 0 Å². The van der Waals surface area contributed by atoms with Gasteiger partial charge in [0.05, 0.1) is 18.7 Å². The van der Waals surface area contributed by atoms with Crippen LogP contribution in [0.25, 0.3) is 6.08 Å². The van der Waals surface area contributed by atoms with Gasteiger partial charge in [0.1, 0.15) is 17.3 Å². The number of hydrogen-bond acceptors (Lipinski definition) is 3. The number of nitriles is 1. The molecule has 0 radical (unpaired) electrons. The fourth-order valence-electron chi connectivity index (χ4n) is 2.27. The molecule has 3 heteroatoms. The molecule has 0 fully saturated rings. The monoisotopic (exact) mass is 289 g/mol. The standard InChI is InChI=1S/C19H15NO2/c1-21-18-10-11-19-16(12-18)7-9-17(22-19)8-6-14-2-4-15(13-20)5-3-14/h2-6,8-12H,7H2,1H3. The van der Waals surface area contributed by atoms with Gasteiger partial charge in [-0.2, -0.15) is 5.26 Å². The Balaban J connectivity index is 1.73. The molecule has 3 rings (SSSR count). The Bertz CT molecular complexity index is 780. The van der Waals surface area contributed by atoms with Crippen LogP contribution >= 0.6 is 0 Å². The van der Waals surface area contributed by atoms with Crippen LogP contribution in [-0.4, -0.2) is 7.11 Å². The summed E-state index contributed by atoms with van der Waals surface area (Å²) in [5.41, 5.74) is 2.81. The smallest absolute Gasteiger partial charge is 0.131 e. The molecule has 0 saturated heterocycles. The van der Waals surface area contributed by atoms with Gasteiger partial charge in [0.2, 0.25) is 0 Å². The van der Waals surface area contributed by atoms with Crippen LogP contribution in [0.15, 0.2) is 60.4 Å². The van der Waals surface area contributed by atoms with E-state index >= 15 is 0 Å². The minimum Gasteiger partial charge on any atom is -0.497 e. The predicted octanol–water partition coefficient (Wildman–Crippen LogP) is 4.10. The lowest BCUT2D eigenvalue weighted by Gasteiger charge is -2.16. The maximum absolute atomic E-state index is 8.79. The Morgan fingerprint density at radius 2 is 1.95 bits per heavy atom. The second-order valence-electron chi connectivity index (χ2n) is 4.95. The maximum atomic E-state index is 8.79. The summed E-state index contributed by atoms with van der Waals surface area (Å²) >= 11 is 0. The third kappa shape index (κ3) is 3.02. The fraction of sp³-hybridized carbons (Fsp3) is 0.105. The number of nitrogens with zero attached hydrogens (tertiary/aromatic N) is 1. The molecule has 0 amide bonds. The summed E-state index contributed by atoms with van der Waals surface area (Å²) in [6, 6.07) is 15.4. The van der Waals surface area contributed by atoms with Crippen molar-refractivity contribution in [3.8, 4) is 17.6 Å². The molecule has 22 heavy (non-hydrogen) atoms. The highest BCUT2D eigenvalue weighted by molar-refractivity contribution is 5.55. The quantitative estimate of drug-likeness (QED) is 0.854. The summed E-state index contributed by atoms with van der Waals surface area (Å²) in [6.07, 6.45) is 6.78. The molecule has 1 aliphatic rings. The van der Waals surface area contributed by atoms with Crippen molar-refractivity contribution in [1.29, 1.82) is 5.26 Å². The number of hydrogen-bond donors (Lipinski definition) is 0. The molecule has 2 aromatic rings. The van der Waals surface area contributed by atoms with Gasteiger partial charge in [-0.3, -0.25) is 0 Å². The minimum absolute atomic E-state index is 0.660. The number of ether oxygens (including phenoxy) is 2. The molecule has 3 nitrogen and oxygen atoms in total. The zero-order chi connectivity index (χ0) is 15.4. The van der Waals surface area contributed by atoms with Gasteiger partial charge in [0, 0.05) is 5.56 Å². The average Bonchev–Trinajstić information content (AvgIpc) is 2.59. The van der Waals surface area contributed by atoms with Gasteiger partial charge >= 0.3 is 0 Å². The zero-order valence-electron chi connectivity index (χ0n) is 12.2.